The number of carbonyl (C=O) groups excluding carboxylic acids is 2. The zero-order chi connectivity index (χ0) is 13.1. The molecular formula is C12H20N2O3S. The molecule has 0 saturated carbocycles. The SMILES string of the molecule is CC(C)OC(=O)CCCC1SCC2NC(=O)NC21. The molecule has 2 aliphatic heterocycles. The molecule has 2 fully saturated rings. The topological polar surface area (TPSA) is 67.4 Å². The van der Waals surface area contributed by atoms with Gasteiger partial charge < -0.3 is 15.4 Å². The van der Waals surface area contributed by atoms with Crippen LogP contribution in [0.3, 0.4) is 0 Å². The van der Waals surface area contributed by atoms with Crippen LogP contribution in [-0.4, -0.2) is 41.2 Å². The van der Waals surface area contributed by atoms with Gasteiger partial charge in [-0.15, -0.1) is 0 Å². The number of amides is 2. The van der Waals surface area contributed by atoms with E-state index in [0.717, 1.165) is 18.6 Å². The molecule has 2 amide bonds. The minimum Gasteiger partial charge on any atom is -0.463 e. The molecule has 0 aromatic heterocycles. The smallest absolute Gasteiger partial charge is 0.315 e. The summed E-state index contributed by atoms with van der Waals surface area (Å²) in [7, 11) is 0. The van der Waals surface area contributed by atoms with Gasteiger partial charge in [-0.1, -0.05) is 0 Å². The molecule has 2 heterocycles. The van der Waals surface area contributed by atoms with Crippen LogP contribution >= 0.6 is 11.8 Å². The van der Waals surface area contributed by atoms with Crippen LogP contribution < -0.4 is 10.6 Å². The highest BCUT2D eigenvalue weighted by molar-refractivity contribution is 8.00. The average Bonchev–Trinajstić information content (AvgIpc) is 2.77. The first-order chi connectivity index (χ1) is 8.56. The normalized spacial score (nSPS) is 29.9. The Bertz CT molecular complexity index is 335. The largest absolute Gasteiger partial charge is 0.463 e. The van der Waals surface area contributed by atoms with Crippen LogP contribution in [0.4, 0.5) is 4.79 Å². The lowest BCUT2D eigenvalue weighted by Gasteiger charge is -2.16. The van der Waals surface area contributed by atoms with Crippen LogP contribution in [0.5, 0.6) is 0 Å². The fourth-order valence-electron chi connectivity index (χ4n) is 2.41. The number of carbonyl (C=O) groups is 2. The standard InChI is InChI=1S/C12H20N2O3S/c1-7(2)17-10(15)5-3-4-9-11-8(6-18-9)13-12(16)14-11/h7-9,11H,3-6H2,1-2H3,(H2,13,14,16). The van der Waals surface area contributed by atoms with Gasteiger partial charge in [-0.2, -0.15) is 11.8 Å². The van der Waals surface area contributed by atoms with Crippen molar-refractivity contribution in [1.29, 1.82) is 0 Å². The molecular weight excluding hydrogens is 252 g/mol. The van der Waals surface area contributed by atoms with Crippen LogP contribution in [-0.2, 0) is 9.53 Å². The lowest BCUT2D eigenvalue weighted by atomic mass is 10.0. The minimum absolute atomic E-state index is 0.0407. The molecule has 5 nitrogen and oxygen atoms in total. The Hall–Kier alpha value is -0.910. The Kier molecular flexibility index (Phi) is 4.37. The maximum absolute atomic E-state index is 11.4. The van der Waals surface area contributed by atoms with Crippen molar-refractivity contribution in [3.63, 3.8) is 0 Å². The van der Waals surface area contributed by atoms with Gasteiger partial charge in [-0.05, 0) is 26.7 Å². The summed E-state index contributed by atoms with van der Waals surface area (Å²) in [6.07, 6.45) is 2.19. The molecule has 2 saturated heterocycles. The number of rotatable bonds is 5. The lowest BCUT2D eigenvalue weighted by molar-refractivity contribution is -0.147. The Morgan fingerprint density at radius 2 is 2.28 bits per heavy atom. The fraction of sp³-hybridized carbons (Fsp3) is 0.833. The van der Waals surface area contributed by atoms with Crippen LogP contribution in [0.1, 0.15) is 33.1 Å². The summed E-state index contributed by atoms with van der Waals surface area (Å²) in [5, 5.41) is 6.28. The maximum Gasteiger partial charge on any atom is 0.315 e. The van der Waals surface area contributed by atoms with Crippen LogP contribution in [0.25, 0.3) is 0 Å². The first-order valence-corrected chi connectivity index (χ1v) is 7.49. The zero-order valence-electron chi connectivity index (χ0n) is 10.8. The second kappa shape index (κ2) is 5.82. The van der Waals surface area contributed by atoms with E-state index in [9.17, 15) is 9.59 Å². The highest BCUT2D eigenvalue weighted by Gasteiger charge is 2.42. The third-order valence-corrected chi connectivity index (χ3v) is 4.68. The highest BCUT2D eigenvalue weighted by atomic mass is 32.2. The van der Waals surface area contributed by atoms with E-state index in [4.69, 9.17) is 4.74 Å². The molecule has 0 spiro atoms. The number of hydrogen-bond donors (Lipinski definition) is 2. The molecule has 3 unspecified atom stereocenters. The van der Waals surface area contributed by atoms with Crippen LogP contribution in [0.2, 0.25) is 0 Å². The maximum atomic E-state index is 11.4. The summed E-state index contributed by atoms with van der Waals surface area (Å²) >= 11 is 1.87. The van der Waals surface area contributed by atoms with Crippen molar-refractivity contribution < 1.29 is 14.3 Å². The number of urea groups is 1. The highest BCUT2D eigenvalue weighted by Crippen LogP contribution is 2.33. The Morgan fingerprint density at radius 3 is 3.00 bits per heavy atom. The Morgan fingerprint density at radius 1 is 1.50 bits per heavy atom. The molecule has 2 N–H and O–H groups in total. The molecule has 2 aliphatic rings. The summed E-state index contributed by atoms with van der Waals surface area (Å²) in [6, 6.07) is 0.424. The number of hydrogen-bond acceptors (Lipinski definition) is 4. The molecule has 6 heteroatoms. The van der Waals surface area contributed by atoms with E-state index in [1.54, 1.807) is 0 Å². The first kappa shape index (κ1) is 13.5. The molecule has 3 atom stereocenters. The quantitative estimate of drug-likeness (QED) is 0.584. The van der Waals surface area contributed by atoms with Crippen molar-refractivity contribution in [2.75, 3.05) is 5.75 Å². The number of thioether (sulfide) groups is 1. The monoisotopic (exact) mass is 272 g/mol. The second-order valence-corrected chi connectivity index (χ2v) is 6.32. The van der Waals surface area contributed by atoms with Crippen molar-refractivity contribution >= 4 is 23.8 Å². The Labute approximate surface area is 111 Å². The summed E-state index contributed by atoms with van der Waals surface area (Å²) in [6.45, 7) is 3.71. The van der Waals surface area contributed by atoms with Gasteiger partial charge in [-0.25, -0.2) is 4.79 Å². The molecule has 0 aromatic rings. The summed E-state index contributed by atoms with van der Waals surface area (Å²) < 4.78 is 5.09. The van der Waals surface area contributed by atoms with E-state index in [-0.39, 0.29) is 30.2 Å². The number of esters is 1. The van der Waals surface area contributed by atoms with E-state index in [1.807, 2.05) is 25.6 Å². The van der Waals surface area contributed by atoms with Crippen molar-refractivity contribution in [2.45, 2.75) is 56.5 Å². The van der Waals surface area contributed by atoms with Gasteiger partial charge in [0.25, 0.3) is 0 Å². The molecule has 0 radical (unpaired) electrons. The fourth-order valence-corrected chi connectivity index (χ4v) is 3.96. The Balaban J connectivity index is 1.68. The van der Waals surface area contributed by atoms with Gasteiger partial charge in [0.1, 0.15) is 0 Å². The number of nitrogens with one attached hydrogen (secondary N) is 2. The molecule has 18 heavy (non-hydrogen) atoms. The molecule has 0 bridgehead atoms. The van der Waals surface area contributed by atoms with E-state index in [1.165, 1.54) is 0 Å². The predicted molar refractivity (Wildman–Crippen MR) is 70.6 cm³/mol. The van der Waals surface area contributed by atoms with Gasteiger partial charge >= 0.3 is 12.0 Å². The third-order valence-electron chi connectivity index (χ3n) is 3.17. The first-order valence-electron chi connectivity index (χ1n) is 6.44. The van der Waals surface area contributed by atoms with Gasteiger partial charge in [0.05, 0.1) is 18.2 Å². The second-order valence-electron chi connectivity index (χ2n) is 5.05. The van der Waals surface area contributed by atoms with Crippen LogP contribution in [0, 0.1) is 0 Å². The van der Waals surface area contributed by atoms with Crippen LogP contribution in [0.15, 0.2) is 0 Å². The van der Waals surface area contributed by atoms with E-state index in [2.05, 4.69) is 10.6 Å². The van der Waals surface area contributed by atoms with Gasteiger partial charge in [0.2, 0.25) is 0 Å². The molecule has 102 valence electrons. The van der Waals surface area contributed by atoms with E-state index in [0.29, 0.717) is 11.7 Å². The van der Waals surface area contributed by atoms with Gasteiger partial charge in [0.15, 0.2) is 0 Å². The molecule has 0 aliphatic carbocycles. The van der Waals surface area contributed by atoms with Crippen molar-refractivity contribution in [2.24, 2.45) is 0 Å². The zero-order valence-corrected chi connectivity index (χ0v) is 11.6. The average molecular weight is 272 g/mol. The van der Waals surface area contributed by atoms with E-state index < -0.39 is 0 Å². The number of fused-ring (bicyclic) bond motifs is 1. The molecule has 2 rings (SSSR count). The summed E-state index contributed by atoms with van der Waals surface area (Å²) in [5.41, 5.74) is 0. The summed E-state index contributed by atoms with van der Waals surface area (Å²) in [5.74, 6) is 0.836. The molecule has 0 aromatic carbocycles. The lowest BCUT2D eigenvalue weighted by Crippen LogP contribution is -2.36. The van der Waals surface area contributed by atoms with Gasteiger partial charge in [-0.3, -0.25) is 4.79 Å². The summed E-state index contributed by atoms with van der Waals surface area (Å²) in [4.78, 5) is 22.6. The minimum atomic E-state index is -0.127. The van der Waals surface area contributed by atoms with Crippen molar-refractivity contribution in [3.05, 3.63) is 0 Å². The van der Waals surface area contributed by atoms with Crippen molar-refractivity contribution in [3.8, 4) is 0 Å². The number of ether oxygens (including phenoxy) is 1. The van der Waals surface area contributed by atoms with Crippen molar-refractivity contribution in [1.82, 2.24) is 10.6 Å². The van der Waals surface area contributed by atoms with E-state index >= 15 is 0 Å². The van der Waals surface area contributed by atoms with Gasteiger partial charge in [0, 0.05) is 17.4 Å². The predicted octanol–water partition coefficient (Wildman–Crippen LogP) is 1.27. The third kappa shape index (κ3) is 3.31.